The van der Waals surface area contributed by atoms with Crippen LogP contribution in [-0.2, 0) is 11.3 Å². The van der Waals surface area contributed by atoms with Gasteiger partial charge in [-0.3, -0.25) is 4.68 Å². The minimum atomic E-state index is -0.336. The summed E-state index contributed by atoms with van der Waals surface area (Å²) in [5, 5.41) is 14.2. The molecule has 4 nitrogen and oxygen atoms in total. The second-order valence-electron chi connectivity index (χ2n) is 4.08. The third-order valence-corrected chi connectivity index (χ3v) is 2.79. The SMILES string of the molecule is COCCn1ncc(Cl)c1C(C)CC(C)O. The lowest BCUT2D eigenvalue weighted by Gasteiger charge is -2.16. The van der Waals surface area contributed by atoms with E-state index in [4.69, 9.17) is 16.3 Å². The van der Waals surface area contributed by atoms with Gasteiger partial charge >= 0.3 is 0 Å². The molecule has 0 saturated heterocycles. The van der Waals surface area contributed by atoms with E-state index in [0.29, 0.717) is 24.6 Å². The average Bonchev–Trinajstić information content (AvgIpc) is 2.55. The number of ether oxygens (including phenoxy) is 1. The molecule has 0 spiro atoms. The lowest BCUT2D eigenvalue weighted by atomic mass is 10.0. The van der Waals surface area contributed by atoms with Crippen LogP contribution in [0.25, 0.3) is 0 Å². The Labute approximate surface area is 101 Å². The van der Waals surface area contributed by atoms with Gasteiger partial charge in [0.1, 0.15) is 0 Å². The van der Waals surface area contributed by atoms with Crippen molar-refractivity contribution in [3.63, 3.8) is 0 Å². The van der Waals surface area contributed by atoms with Gasteiger partial charge in [0.15, 0.2) is 0 Å². The summed E-state index contributed by atoms with van der Waals surface area (Å²) in [5.41, 5.74) is 0.972. The quantitative estimate of drug-likeness (QED) is 0.836. The first kappa shape index (κ1) is 13.5. The summed E-state index contributed by atoms with van der Waals surface area (Å²) >= 11 is 6.10. The highest BCUT2D eigenvalue weighted by Crippen LogP contribution is 2.27. The average molecular weight is 247 g/mol. The Morgan fingerprint density at radius 2 is 2.25 bits per heavy atom. The van der Waals surface area contributed by atoms with Crippen molar-refractivity contribution >= 4 is 11.6 Å². The van der Waals surface area contributed by atoms with Crippen molar-refractivity contribution in [2.24, 2.45) is 0 Å². The van der Waals surface area contributed by atoms with Crippen LogP contribution in [0.5, 0.6) is 0 Å². The second kappa shape index (κ2) is 6.23. The third kappa shape index (κ3) is 3.47. The van der Waals surface area contributed by atoms with Gasteiger partial charge in [-0.2, -0.15) is 5.10 Å². The minimum absolute atomic E-state index is 0.187. The molecule has 5 heteroatoms. The molecule has 0 amide bonds. The Balaban J connectivity index is 2.79. The van der Waals surface area contributed by atoms with E-state index in [9.17, 15) is 5.11 Å². The summed E-state index contributed by atoms with van der Waals surface area (Å²) in [5.74, 6) is 0.187. The monoisotopic (exact) mass is 246 g/mol. The Morgan fingerprint density at radius 1 is 1.56 bits per heavy atom. The number of aliphatic hydroxyl groups excluding tert-OH is 1. The van der Waals surface area contributed by atoms with Gasteiger partial charge < -0.3 is 9.84 Å². The van der Waals surface area contributed by atoms with E-state index < -0.39 is 0 Å². The number of hydrogen-bond acceptors (Lipinski definition) is 3. The maximum atomic E-state index is 9.38. The molecule has 0 saturated carbocycles. The van der Waals surface area contributed by atoms with E-state index in [1.165, 1.54) is 0 Å². The zero-order valence-corrected chi connectivity index (χ0v) is 10.7. The largest absolute Gasteiger partial charge is 0.393 e. The zero-order valence-electron chi connectivity index (χ0n) is 9.98. The fourth-order valence-corrected chi connectivity index (χ4v) is 2.17. The summed E-state index contributed by atoms with van der Waals surface area (Å²) in [4.78, 5) is 0. The molecule has 0 aliphatic rings. The van der Waals surface area contributed by atoms with Crippen LogP contribution in [0.2, 0.25) is 5.02 Å². The molecule has 2 atom stereocenters. The van der Waals surface area contributed by atoms with Crippen molar-refractivity contribution in [3.05, 3.63) is 16.9 Å². The molecular weight excluding hydrogens is 228 g/mol. The van der Waals surface area contributed by atoms with Crippen LogP contribution in [0.3, 0.4) is 0 Å². The van der Waals surface area contributed by atoms with Gasteiger partial charge in [-0.05, 0) is 13.3 Å². The van der Waals surface area contributed by atoms with Crippen LogP contribution in [0.15, 0.2) is 6.20 Å². The summed E-state index contributed by atoms with van der Waals surface area (Å²) < 4.78 is 6.86. The van der Waals surface area contributed by atoms with Gasteiger partial charge in [-0.1, -0.05) is 18.5 Å². The van der Waals surface area contributed by atoms with Crippen molar-refractivity contribution in [2.45, 2.75) is 38.8 Å². The standard InChI is InChI=1S/C11H19ClN2O2/c1-8(6-9(2)15)11-10(12)7-13-14(11)4-5-16-3/h7-9,15H,4-6H2,1-3H3. The lowest BCUT2D eigenvalue weighted by molar-refractivity contribution is 0.170. The number of aromatic nitrogens is 2. The minimum Gasteiger partial charge on any atom is -0.393 e. The molecule has 0 aliphatic carbocycles. The molecule has 2 unspecified atom stereocenters. The number of aliphatic hydroxyl groups is 1. The molecule has 1 aromatic heterocycles. The molecule has 1 heterocycles. The molecule has 0 fully saturated rings. The lowest BCUT2D eigenvalue weighted by Crippen LogP contribution is -2.14. The van der Waals surface area contributed by atoms with Gasteiger partial charge in [0, 0.05) is 13.0 Å². The van der Waals surface area contributed by atoms with Gasteiger partial charge in [0.25, 0.3) is 0 Å². The summed E-state index contributed by atoms with van der Waals surface area (Å²) in [6, 6.07) is 0. The maximum Gasteiger partial charge on any atom is 0.0820 e. The van der Waals surface area contributed by atoms with E-state index in [1.54, 1.807) is 20.2 Å². The van der Waals surface area contributed by atoms with E-state index in [-0.39, 0.29) is 12.0 Å². The first-order valence-electron chi connectivity index (χ1n) is 5.44. The number of hydrogen-bond donors (Lipinski definition) is 1. The molecule has 0 aliphatic heterocycles. The summed E-state index contributed by atoms with van der Waals surface area (Å²) in [7, 11) is 1.66. The summed E-state index contributed by atoms with van der Waals surface area (Å²) in [6.07, 6.45) is 1.99. The molecule has 0 radical (unpaired) electrons. The molecule has 16 heavy (non-hydrogen) atoms. The van der Waals surface area contributed by atoms with E-state index >= 15 is 0 Å². The third-order valence-electron chi connectivity index (χ3n) is 2.50. The molecule has 0 aromatic carbocycles. The number of rotatable bonds is 6. The number of halogens is 1. The predicted octanol–water partition coefficient (Wildman–Crippen LogP) is 2.06. The van der Waals surface area contributed by atoms with Crippen LogP contribution in [-0.4, -0.2) is 34.7 Å². The second-order valence-corrected chi connectivity index (χ2v) is 4.49. The fraction of sp³-hybridized carbons (Fsp3) is 0.727. The van der Waals surface area contributed by atoms with Crippen LogP contribution in [0.1, 0.15) is 31.9 Å². The van der Waals surface area contributed by atoms with E-state index in [2.05, 4.69) is 5.10 Å². The van der Waals surface area contributed by atoms with Gasteiger partial charge in [-0.15, -0.1) is 0 Å². The first-order valence-corrected chi connectivity index (χ1v) is 5.82. The van der Waals surface area contributed by atoms with E-state index in [1.807, 2.05) is 11.6 Å². The molecule has 1 N–H and O–H groups in total. The Hall–Kier alpha value is -0.580. The highest BCUT2D eigenvalue weighted by atomic mass is 35.5. The van der Waals surface area contributed by atoms with Crippen molar-refractivity contribution in [2.75, 3.05) is 13.7 Å². The molecule has 92 valence electrons. The highest BCUT2D eigenvalue weighted by Gasteiger charge is 2.17. The van der Waals surface area contributed by atoms with Crippen LogP contribution < -0.4 is 0 Å². The van der Waals surface area contributed by atoms with Crippen LogP contribution in [0.4, 0.5) is 0 Å². The van der Waals surface area contributed by atoms with Crippen molar-refractivity contribution in [3.8, 4) is 0 Å². The number of nitrogens with zero attached hydrogens (tertiary/aromatic N) is 2. The Morgan fingerprint density at radius 3 is 2.81 bits per heavy atom. The molecular formula is C11H19ClN2O2. The molecule has 1 rings (SSSR count). The summed E-state index contributed by atoms with van der Waals surface area (Å²) in [6.45, 7) is 5.11. The predicted molar refractivity (Wildman–Crippen MR) is 63.8 cm³/mol. The Bertz CT molecular complexity index is 326. The molecule has 0 bridgehead atoms. The maximum absolute atomic E-state index is 9.38. The topological polar surface area (TPSA) is 47.3 Å². The van der Waals surface area contributed by atoms with Crippen LogP contribution in [0, 0.1) is 0 Å². The van der Waals surface area contributed by atoms with Crippen LogP contribution >= 0.6 is 11.6 Å². The fourth-order valence-electron chi connectivity index (χ4n) is 1.84. The van der Waals surface area contributed by atoms with Gasteiger partial charge in [0.2, 0.25) is 0 Å². The Kier molecular flexibility index (Phi) is 5.25. The van der Waals surface area contributed by atoms with E-state index in [0.717, 1.165) is 5.69 Å². The van der Waals surface area contributed by atoms with Crippen molar-refractivity contribution in [1.82, 2.24) is 9.78 Å². The smallest absolute Gasteiger partial charge is 0.0820 e. The van der Waals surface area contributed by atoms with Crippen molar-refractivity contribution < 1.29 is 9.84 Å². The highest BCUT2D eigenvalue weighted by molar-refractivity contribution is 6.31. The van der Waals surface area contributed by atoms with Crippen molar-refractivity contribution in [1.29, 1.82) is 0 Å². The molecule has 1 aromatic rings. The normalized spacial score (nSPS) is 15.1. The number of methoxy groups -OCH3 is 1. The van der Waals surface area contributed by atoms with Gasteiger partial charge in [-0.25, -0.2) is 0 Å². The van der Waals surface area contributed by atoms with Gasteiger partial charge in [0.05, 0.1) is 36.2 Å². The zero-order chi connectivity index (χ0) is 12.1. The first-order chi connectivity index (χ1) is 7.56.